The van der Waals surface area contributed by atoms with Crippen molar-refractivity contribution in [1.82, 2.24) is 0 Å². The molecule has 1 nitrogen and oxygen atoms in total. The largest absolute Gasteiger partial charge is 0.370 e. The van der Waals surface area contributed by atoms with Gasteiger partial charge in [-0.15, -0.1) is 0 Å². The van der Waals surface area contributed by atoms with E-state index in [1.54, 1.807) is 0 Å². The third kappa shape index (κ3) is 1.35. The first-order valence-electron chi connectivity index (χ1n) is 5.28. The third-order valence-corrected chi connectivity index (χ3v) is 4.31. The Balaban J connectivity index is 1.73. The molecule has 1 aromatic rings. The summed E-state index contributed by atoms with van der Waals surface area (Å²) in [6, 6.07) is 8.83. The van der Waals surface area contributed by atoms with Crippen molar-refractivity contribution < 1.29 is 0 Å². The average Bonchev–Trinajstić information content (AvgIpc) is 1.98. The highest BCUT2D eigenvalue weighted by molar-refractivity contribution is 14.1. The molecule has 0 atom stereocenters. The number of nitrogens with zero attached hydrogens (tertiary/aromatic N) is 1. The first kappa shape index (κ1) is 9.01. The van der Waals surface area contributed by atoms with Crippen LogP contribution >= 0.6 is 22.6 Å². The van der Waals surface area contributed by atoms with Crippen LogP contribution in [-0.2, 0) is 0 Å². The Morgan fingerprint density at radius 3 is 2.57 bits per heavy atom. The minimum Gasteiger partial charge on any atom is -0.370 e. The Morgan fingerprint density at radius 2 is 2.00 bits per heavy atom. The third-order valence-electron chi connectivity index (χ3n) is 3.64. The number of anilines is 1. The molecule has 14 heavy (non-hydrogen) atoms. The van der Waals surface area contributed by atoms with E-state index < -0.39 is 0 Å². The fraction of sp³-hybridized carbons (Fsp3) is 0.500. The van der Waals surface area contributed by atoms with Gasteiger partial charge in [0.05, 0.1) is 0 Å². The van der Waals surface area contributed by atoms with Gasteiger partial charge < -0.3 is 4.90 Å². The summed E-state index contributed by atoms with van der Waals surface area (Å²) >= 11 is 2.38. The molecule has 2 aliphatic rings. The van der Waals surface area contributed by atoms with Crippen molar-refractivity contribution in [1.29, 1.82) is 0 Å². The van der Waals surface area contributed by atoms with E-state index in [1.165, 1.54) is 41.6 Å². The number of halogens is 1. The van der Waals surface area contributed by atoms with E-state index in [9.17, 15) is 0 Å². The van der Waals surface area contributed by atoms with Crippen LogP contribution in [0.4, 0.5) is 5.69 Å². The first-order chi connectivity index (χ1) is 6.77. The van der Waals surface area contributed by atoms with E-state index in [4.69, 9.17) is 0 Å². The molecule has 2 heteroatoms. The van der Waals surface area contributed by atoms with Gasteiger partial charge in [-0.3, -0.25) is 0 Å². The summed E-state index contributed by atoms with van der Waals surface area (Å²) in [5.74, 6) is 0. The van der Waals surface area contributed by atoms with E-state index >= 15 is 0 Å². The van der Waals surface area contributed by atoms with Gasteiger partial charge in [0.25, 0.3) is 0 Å². The second-order valence-electron chi connectivity index (χ2n) is 4.69. The molecule has 0 aromatic heterocycles. The van der Waals surface area contributed by atoms with Crippen LogP contribution in [0.3, 0.4) is 0 Å². The van der Waals surface area contributed by atoms with Crippen LogP contribution in [0.15, 0.2) is 24.3 Å². The first-order valence-corrected chi connectivity index (χ1v) is 6.36. The van der Waals surface area contributed by atoms with Crippen LogP contribution in [0.5, 0.6) is 0 Å². The maximum Gasteiger partial charge on any atom is 0.0377 e. The zero-order valence-corrected chi connectivity index (χ0v) is 10.3. The molecule has 1 spiro atoms. The van der Waals surface area contributed by atoms with Crippen LogP contribution in [0, 0.1) is 8.99 Å². The SMILES string of the molecule is Ic1cccc(N2CC3(CCC3)C2)c1. The molecule has 1 aromatic carbocycles. The molecule has 0 radical (unpaired) electrons. The molecule has 2 fully saturated rings. The van der Waals surface area contributed by atoms with Crippen molar-refractivity contribution >= 4 is 28.3 Å². The van der Waals surface area contributed by atoms with E-state index in [0.29, 0.717) is 0 Å². The second-order valence-corrected chi connectivity index (χ2v) is 5.94. The van der Waals surface area contributed by atoms with E-state index in [-0.39, 0.29) is 0 Å². The molecule has 1 saturated carbocycles. The lowest BCUT2D eigenvalue weighted by atomic mass is 9.63. The Morgan fingerprint density at radius 1 is 1.21 bits per heavy atom. The molecule has 1 aliphatic carbocycles. The quantitative estimate of drug-likeness (QED) is 0.719. The molecule has 1 aliphatic heterocycles. The van der Waals surface area contributed by atoms with Crippen molar-refractivity contribution in [3.63, 3.8) is 0 Å². The molecular formula is C12H14IN. The van der Waals surface area contributed by atoms with Gasteiger partial charge in [-0.25, -0.2) is 0 Å². The van der Waals surface area contributed by atoms with E-state index in [1.807, 2.05) is 0 Å². The maximum atomic E-state index is 2.52. The fourth-order valence-corrected chi connectivity index (χ4v) is 3.14. The minimum absolute atomic E-state index is 0.737. The van der Waals surface area contributed by atoms with Gasteiger partial charge in [-0.1, -0.05) is 12.5 Å². The number of hydrogen-bond donors (Lipinski definition) is 0. The van der Waals surface area contributed by atoms with Crippen molar-refractivity contribution in [3.8, 4) is 0 Å². The zero-order chi connectivity index (χ0) is 9.60. The van der Waals surface area contributed by atoms with Crippen LogP contribution in [0.25, 0.3) is 0 Å². The smallest absolute Gasteiger partial charge is 0.0377 e. The van der Waals surface area contributed by atoms with Crippen LogP contribution < -0.4 is 4.90 Å². The summed E-state index contributed by atoms with van der Waals surface area (Å²) < 4.78 is 1.34. The van der Waals surface area contributed by atoms with Gasteiger partial charge in [0, 0.05) is 27.8 Å². The van der Waals surface area contributed by atoms with Gasteiger partial charge in [0.2, 0.25) is 0 Å². The highest BCUT2D eigenvalue weighted by Gasteiger charge is 2.47. The highest BCUT2D eigenvalue weighted by Crippen LogP contribution is 2.49. The molecular weight excluding hydrogens is 285 g/mol. The van der Waals surface area contributed by atoms with E-state index in [0.717, 1.165) is 5.41 Å². The summed E-state index contributed by atoms with van der Waals surface area (Å²) in [6.07, 6.45) is 4.39. The lowest BCUT2D eigenvalue weighted by molar-refractivity contribution is 0.0904. The lowest BCUT2D eigenvalue weighted by Gasteiger charge is -2.57. The average molecular weight is 299 g/mol. The number of benzene rings is 1. The maximum absolute atomic E-state index is 2.52. The molecule has 3 rings (SSSR count). The second kappa shape index (κ2) is 3.12. The summed E-state index contributed by atoms with van der Waals surface area (Å²) in [4.78, 5) is 2.52. The monoisotopic (exact) mass is 299 g/mol. The van der Waals surface area contributed by atoms with Gasteiger partial charge in [0.15, 0.2) is 0 Å². The Bertz CT molecular complexity index is 349. The normalized spacial score (nSPS) is 23.1. The minimum atomic E-state index is 0.737. The Labute approximate surface area is 98.6 Å². The molecule has 1 heterocycles. The topological polar surface area (TPSA) is 3.24 Å². The van der Waals surface area contributed by atoms with Crippen LogP contribution in [0.2, 0.25) is 0 Å². The predicted octanol–water partition coefficient (Wildman–Crippen LogP) is 3.28. The Kier molecular flexibility index (Phi) is 2.01. The summed E-state index contributed by atoms with van der Waals surface area (Å²) in [7, 11) is 0. The van der Waals surface area contributed by atoms with Crippen molar-refractivity contribution in [3.05, 3.63) is 27.8 Å². The summed E-state index contributed by atoms with van der Waals surface area (Å²) in [5, 5.41) is 0. The van der Waals surface area contributed by atoms with Gasteiger partial charge in [-0.05, 0) is 53.6 Å². The van der Waals surface area contributed by atoms with Crippen molar-refractivity contribution in [2.24, 2.45) is 5.41 Å². The van der Waals surface area contributed by atoms with Crippen LogP contribution in [0.1, 0.15) is 19.3 Å². The summed E-state index contributed by atoms with van der Waals surface area (Å²) in [6.45, 7) is 2.60. The lowest BCUT2D eigenvalue weighted by Crippen LogP contribution is -2.59. The van der Waals surface area contributed by atoms with Gasteiger partial charge in [0.1, 0.15) is 0 Å². The van der Waals surface area contributed by atoms with Crippen molar-refractivity contribution in [2.75, 3.05) is 18.0 Å². The molecule has 74 valence electrons. The molecule has 0 amide bonds. The zero-order valence-electron chi connectivity index (χ0n) is 8.17. The van der Waals surface area contributed by atoms with E-state index in [2.05, 4.69) is 51.8 Å². The highest BCUT2D eigenvalue weighted by atomic mass is 127. The van der Waals surface area contributed by atoms with Crippen molar-refractivity contribution in [2.45, 2.75) is 19.3 Å². The molecule has 1 saturated heterocycles. The van der Waals surface area contributed by atoms with Crippen LogP contribution in [-0.4, -0.2) is 13.1 Å². The summed E-state index contributed by atoms with van der Waals surface area (Å²) in [5.41, 5.74) is 2.15. The predicted molar refractivity (Wildman–Crippen MR) is 67.7 cm³/mol. The Hall–Kier alpha value is -0.250. The number of rotatable bonds is 1. The molecule has 0 bridgehead atoms. The number of hydrogen-bond acceptors (Lipinski definition) is 1. The van der Waals surface area contributed by atoms with Gasteiger partial charge in [-0.2, -0.15) is 0 Å². The standard InChI is InChI=1S/C12H14IN/c13-10-3-1-4-11(7-10)14-8-12(9-14)5-2-6-12/h1,3-4,7H,2,5-6,8-9H2. The molecule has 0 unspecified atom stereocenters. The van der Waals surface area contributed by atoms with Gasteiger partial charge >= 0.3 is 0 Å². The molecule has 0 N–H and O–H groups in total. The fourth-order valence-electron chi connectivity index (χ4n) is 2.61.